The number of aromatic amines is 1. The van der Waals surface area contributed by atoms with Crippen LogP contribution in [0.5, 0.6) is 0 Å². The Hall–Kier alpha value is -2.47. The van der Waals surface area contributed by atoms with Gasteiger partial charge in [0.15, 0.2) is 0 Å². The van der Waals surface area contributed by atoms with E-state index in [1.165, 1.54) is 38.9 Å². The lowest BCUT2D eigenvalue weighted by atomic mass is 9.99. The maximum atomic E-state index is 5.48. The summed E-state index contributed by atoms with van der Waals surface area (Å²) in [4.78, 5) is 10.7. The molecule has 3 aromatic heterocycles. The van der Waals surface area contributed by atoms with E-state index in [1.807, 2.05) is 12.4 Å². The van der Waals surface area contributed by atoms with Gasteiger partial charge in [-0.05, 0) is 34.5 Å². The van der Waals surface area contributed by atoms with E-state index in [4.69, 9.17) is 4.74 Å². The molecule has 0 spiro atoms. The number of rotatable bonds is 5. The predicted molar refractivity (Wildman–Crippen MR) is 116 cm³/mol. The van der Waals surface area contributed by atoms with Crippen LogP contribution in [0.1, 0.15) is 5.69 Å². The van der Waals surface area contributed by atoms with E-state index >= 15 is 0 Å². The molecule has 1 aliphatic rings. The van der Waals surface area contributed by atoms with Gasteiger partial charge in [0.05, 0.1) is 13.2 Å². The van der Waals surface area contributed by atoms with E-state index in [9.17, 15) is 0 Å². The highest BCUT2D eigenvalue weighted by molar-refractivity contribution is 7.08. The smallest absolute Gasteiger partial charge is 0.0594 e. The number of hydrogen-bond donors (Lipinski definition) is 1. The molecule has 0 atom stereocenters. The van der Waals surface area contributed by atoms with Gasteiger partial charge in [-0.15, -0.1) is 0 Å². The fourth-order valence-corrected chi connectivity index (χ4v) is 4.64. The van der Waals surface area contributed by atoms with Gasteiger partial charge in [-0.2, -0.15) is 11.3 Å². The Bertz CT molecular complexity index is 1060. The lowest BCUT2D eigenvalue weighted by Crippen LogP contribution is -2.37. The highest BCUT2D eigenvalue weighted by atomic mass is 32.1. The van der Waals surface area contributed by atoms with Crippen LogP contribution in [0.2, 0.25) is 0 Å². The second-order valence-corrected chi connectivity index (χ2v) is 7.98. The average Bonchev–Trinajstić information content (AvgIpc) is 3.41. The summed E-state index contributed by atoms with van der Waals surface area (Å²) in [6.07, 6.45) is 4.93. The van der Waals surface area contributed by atoms with Gasteiger partial charge in [0.25, 0.3) is 0 Å². The van der Waals surface area contributed by atoms with E-state index in [0.29, 0.717) is 0 Å². The van der Waals surface area contributed by atoms with E-state index in [0.717, 1.165) is 39.3 Å². The molecule has 4 nitrogen and oxygen atoms in total. The number of nitrogens with zero attached hydrogens (tertiary/aromatic N) is 2. The highest BCUT2D eigenvalue weighted by Crippen LogP contribution is 2.34. The van der Waals surface area contributed by atoms with Crippen molar-refractivity contribution in [3.05, 3.63) is 65.2 Å². The molecule has 1 N–H and O–H groups in total. The Morgan fingerprint density at radius 2 is 1.89 bits per heavy atom. The maximum Gasteiger partial charge on any atom is 0.0594 e. The minimum Gasteiger partial charge on any atom is -0.379 e. The lowest BCUT2D eigenvalue weighted by Gasteiger charge is -2.26. The molecule has 4 heterocycles. The van der Waals surface area contributed by atoms with Gasteiger partial charge >= 0.3 is 0 Å². The zero-order chi connectivity index (χ0) is 18.8. The van der Waals surface area contributed by atoms with Crippen molar-refractivity contribution in [2.45, 2.75) is 6.42 Å². The number of H-pyrrole nitrogens is 1. The number of ether oxygens (including phenoxy) is 1. The average molecular weight is 390 g/mol. The fourth-order valence-electron chi connectivity index (χ4n) is 3.97. The maximum absolute atomic E-state index is 5.48. The summed E-state index contributed by atoms with van der Waals surface area (Å²) >= 11 is 1.72. The standard InChI is InChI=1S/C23H23N3OS/c1-2-4-21-20(3-1)23(22(25-21)5-7-26-8-10-27-11-9-26)19-13-18(14-24-15-19)17-6-12-28-16-17/h1-4,6,12-16,25H,5,7-11H2. The van der Waals surface area contributed by atoms with Crippen LogP contribution in [-0.2, 0) is 11.2 Å². The van der Waals surface area contributed by atoms with Crippen molar-refractivity contribution < 1.29 is 4.74 Å². The van der Waals surface area contributed by atoms with Crippen LogP contribution in [0.15, 0.2) is 59.6 Å². The molecule has 1 saturated heterocycles. The highest BCUT2D eigenvalue weighted by Gasteiger charge is 2.16. The second-order valence-electron chi connectivity index (χ2n) is 7.20. The molecule has 4 aromatic rings. The van der Waals surface area contributed by atoms with Gasteiger partial charge < -0.3 is 9.72 Å². The van der Waals surface area contributed by atoms with E-state index < -0.39 is 0 Å². The first-order chi connectivity index (χ1) is 13.9. The number of benzene rings is 1. The molecule has 142 valence electrons. The number of fused-ring (bicyclic) bond motifs is 1. The quantitative estimate of drug-likeness (QED) is 0.531. The molecule has 0 radical (unpaired) electrons. The number of thiophene rings is 1. The second kappa shape index (κ2) is 7.87. The van der Waals surface area contributed by atoms with Crippen molar-refractivity contribution >= 4 is 22.2 Å². The summed E-state index contributed by atoms with van der Waals surface area (Å²) in [5.74, 6) is 0. The third-order valence-corrected chi connectivity index (χ3v) is 6.13. The van der Waals surface area contributed by atoms with Gasteiger partial charge in [-0.3, -0.25) is 9.88 Å². The molecule has 28 heavy (non-hydrogen) atoms. The number of pyridine rings is 1. The van der Waals surface area contributed by atoms with Crippen LogP contribution < -0.4 is 0 Å². The van der Waals surface area contributed by atoms with Crippen molar-refractivity contribution in [1.82, 2.24) is 14.9 Å². The molecule has 0 aliphatic carbocycles. The number of aromatic nitrogens is 2. The molecule has 5 heteroatoms. The number of para-hydroxylation sites is 1. The van der Waals surface area contributed by atoms with Gasteiger partial charge in [-0.25, -0.2) is 0 Å². The van der Waals surface area contributed by atoms with Crippen LogP contribution in [-0.4, -0.2) is 47.7 Å². The minimum atomic E-state index is 0.839. The zero-order valence-corrected chi connectivity index (χ0v) is 16.5. The molecular weight excluding hydrogens is 366 g/mol. The molecule has 1 aromatic carbocycles. The normalized spacial score (nSPS) is 15.3. The number of morpholine rings is 1. The summed E-state index contributed by atoms with van der Waals surface area (Å²) < 4.78 is 5.48. The topological polar surface area (TPSA) is 41.2 Å². The summed E-state index contributed by atoms with van der Waals surface area (Å²) in [7, 11) is 0. The van der Waals surface area contributed by atoms with Crippen LogP contribution in [0, 0.1) is 0 Å². The molecule has 0 unspecified atom stereocenters. The van der Waals surface area contributed by atoms with E-state index in [1.54, 1.807) is 11.3 Å². The Morgan fingerprint density at radius 1 is 1.04 bits per heavy atom. The fraction of sp³-hybridized carbons (Fsp3) is 0.261. The Labute approximate surface area is 168 Å². The van der Waals surface area contributed by atoms with Crippen molar-refractivity contribution in [2.75, 3.05) is 32.8 Å². The predicted octanol–water partition coefficient (Wildman–Crippen LogP) is 4.83. The first kappa shape index (κ1) is 17.6. The van der Waals surface area contributed by atoms with Crippen molar-refractivity contribution in [1.29, 1.82) is 0 Å². The van der Waals surface area contributed by atoms with Crippen molar-refractivity contribution in [3.8, 4) is 22.3 Å². The van der Waals surface area contributed by atoms with Gasteiger partial charge in [-0.1, -0.05) is 18.2 Å². The Balaban J connectivity index is 1.53. The first-order valence-corrected chi connectivity index (χ1v) is 10.7. The summed E-state index contributed by atoms with van der Waals surface area (Å²) in [5, 5.41) is 5.56. The van der Waals surface area contributed by atoms with Gasteiger partial charge in [0.2, 0.25) is 0 Å². The van der Waals surface area contributed by atoms with E-state index in [-0.39, 0.29) is 0 Å². The summed E-state index contributed by atoms with van der Waals surface area (Å²) in [6, 6.07) is 13.0. The summed E-state index contributed by atoms with van der Waals surface area (Å²) in [6.45, 7) is 4.76. The molecule has 1 aliphatic heterocycles. The van der Waals surface area contributed by atoms with Crippen molar-refractivity contribution in [3.63, 3.8) is 0 Å². The van der Waals surface area contributed by atoms with Gasteiger partial charge in [0.1, 0.15) is 0 Å². The van der Waals surface area contributed by atoms with Crippen LogP contribution in [0.3, 0.4) is 0 Å². The number of hydrogen-bond acceptors (Lipinski definition) is 4. The molecule has 1 fully saturated rings. The van der Waals surface area contributed by atoms with E-state index in [2.05, 4.69) is 62.0 Å². The third kappa shape index (κ3) is 3.49. The molecule has 0 amide bonds. The molecule has 0 saturated carbocycles. The molecule has 0 bridgehead atoms. The Morgan fingerprint density at radius 3 is 2.75 bits per heavy atom. The van der Waals surface area contributed by atoms with Gasteiger partial charge in [0, 0.05) is 71.7 Å². The van der Waals surface area contributed by atoms with Crippen LogP contribution in [0.25, 0.3) is 33.2 Å². The number of nitrogens with one attached hydrogen (secondary N) is 1. The summed E-state index contributed by atoms with van der Waals surface area (Å²) in [5.41, 5.74) is 7.34. The van der Waals surface area contributed by atoms with Crippen LogP contribution in [0.4, 0.5) is 0 Å². The first-order valence-electron chi connectivity index (χ1n) is 9.76. The SMILES string of the molecule is c1ccc2c(-c3cncc(-c4ccsc4)c3)c(CCN3CCOCC3)[nH]c2c1. The molecule has 5 rings (SSSR count). The Kier molecular flexibility index (Phi) is 4.95. The molecular formula is C23H23N3OS. The van der Waals surface area contributed by atoms with Crippen LogP contribution >= 0.6 is 11.3 Å². The van der Waals surface area contributed by atoms with Crippen molar-refractivity contribution in [2.24, 2.45) is 0 Å². The third-order valence-electron chi connectivity index (χ3n) is 5.45. The largest absolute Gasteiger partial charge is 0.379 e. The lowest BCUT2D eigenvalue weighted by molar-refractivity contribution is 0.0384. The monoisotopic (exact) mass is 389 g/mol. The minimum absolute atomic E-state index is 0.839. The zero-order valence-electron chi connectivity index (χ0n) is 15.7.